The van der Waals surface area contributed by atoms with Crippen LogP contribution in [0.4, 0.5) is 0 Å². The molecular weight excluding hydrogens is 324 g/mol. The van der Waals surface area contributed by atoms with Gasteiger partial charge in [0.2, 0.25) is 11.8 Å². The lowest BCUT2D eigenvalue weighted by Gasteiger charge is -2.41. The zero-order valence-electron chi connectivity index (χ0n) is 14.2. The number of hydrogen-bond donors (Lipinski definition) is 2. The number of nitrogens with one attached hydrogen (secondary N) is 2. The van der Waals surface area contributed by atoms with Crippen molar-refractivity contribution in [1.29, 1.82) is 0 Å². The number of carbonyl (C=O) groups is 3. The van der Waals surface area contributed by atoms with Crippen LogP contribution in [0.2, 0.25) is 0 Å². The molecule has 2 aliphatic heterocycles. The van der Waals surface area contributed by atoms with E-state index in [0.717, 1.165) is 19.4 Å². The second-order valence-corrected chi connectivity index (χ2v) is 6.38. The van der Waals surface area contributed by atoms with Gasteiger partial charge in [-0.15, -0.1) is 0 Å². The van der Waals surface area contributed by atoms with Crippen LogP contribution in [0.1, 0.15) is 29.8 Å². The first-order valence-electron chi connectivity index (χ1n) is 8.75. The van der Waals surface area contributed by atoms with Gasteiger partial charge >= 0.3 is 0 Å². The fourth-order valence-electron chi connectivity index (χ4n) is 3.38. The number of piperidine rings is 1. The molecule has 2 aliphatic rings. The van der Waals surface area contributed by atoms with Gasteiger partial charge in [-0.3, -0.25) is 14.4 Å². The van der Waals surface area contributed by atoms with Gasteiger partial charge in [-0.1, -0.05) is 0 Å². The molecule has 2 fully saturated rings. The number of furan rings is 1. The monoisotopic (exact) mass is 348 g/mol. The Hall–Kier alpha value is -2.35. The van der Waals surface area contributed by atoms with E-state index in [1.54, 1.807) is 12.1 Å². The summed E-state index contributed by atoms with van der Waals surface area (Å²) in [6.45, 7) is 3.44. The fraction of sp³-hybridized carbons (Fsp3) is 0.588. The minimum absolute atomic E-state index is 0.00651. The van der Waals surface area contributed by atoms with E-state index >= 15 is 0 Å². The highest BCUT2D eigenvalue weighted by Gasteiger charge is 2.31. The molecule has 136 valence electrons. The summed E-state index contributed by atoms with van der Waals surface area (Å²) in [6, 6.07) is 3.33. The third-order valence-electron chi connectivity index (χ3n) is 4.69. The second kappa shape index (κ2) is 8.15. The minimum Gasteiger partial charge on any atom is -0.459 e. The van der Waals surface area contributed by atoms with E-state index in [0.29, 0.717) is 26.2 Å². The number of nitrogens with zero attached hydrogens (tertiary/aromatic N) is 2. The van der Waals surface area contributed by atoms with Gasteiger partial charge in [0.1, 0.15) is 0 Å². The molecule has 2 N–H and O–H groups in total. The van der Waals surface area contributed by atoms with Crippen LogP contribution in [0.3, 0.4) is 0 Å². The smallest absolute Gasteiger partial charge is 0.286 e. The van der Waals surface area contributed by atoms with E-state index in [9.17, 15) is 14.4 Å². The van der Waals surface area contributed by atoms with Gasteiger partial charge in [-0.25, -0.2) is 0 Å². The van der Waals surface area contributed by atoms with Crippen molar-refractivity contribution in [3.8, 4) is 0 Å². The number of likely N-dealkylation sites (tertiary alicyclic amines) is 1. The van der Waals surface area contributed by atoms with Crippen molar-refractivity contribution < 1.29 is 18.8 Å². The predicted octanol–water partition coefficient (Wildman–Crippen LogP) is -0.178. The van der Waals surface area contributed by atoms with Gasteiger partial charge in [0.05, 0.1) is 12.8 Å². The maximum atomic E-state index is 12.4. The van der Waals surface area contributed by atoms with E-state index in [2.05, 4.69) is 10.6 Å². The average molecular weight is 348 g/mol. The molecule has 2 saturated heterocycles. The van der Waals surface area contributed by atoms with Crippen LogP contribution in [-0.2, 0) is 9.59 Å². The molecule has 8 heteroatoms. The summed E-state index contributed by atoms with van der Waals surface area (Å²) in [7, 11) is 0. The fourth-order valence-corrected chi connectivity index (χ4v) is 3.38. The molecule has 8 nitrogen and oxygen atoms in total. The lowest BCUT2D eigenvalue weighted by atomic mass is 10.0. The van der Waals surface area contributed by atoms with E-state index in [1.165, 1.54) is 6.26 Å². The summed E-state index contributed by atoms with van der Waals surface area (Å²) in [5.74, 6) is 0.0340. The van der Waals surface area contributed by atoms with Crippen LogP contribution < -0.4 is 10.6 Å². The maximum Gasteiger partial charge on any atom is 0.286 e. The predicted molar refractivity (Wildman–Crippen MR) is 89.8 cm³/mol. The summed E-state index contributed by atoms with van der Waals surface area (Å²) in [5, 5.41) is 5.75. The molecule has 0 spiro atoms. The number of piperazine rings is 1. The van der Waals surface area contributed by atoms with Crippen LogP contribution in [0.15, 0.2) is 22.8 Å². The zero-order valence-corrected chi connectivity index (χ0v) is 14.2. The third kappa shape index (κ3) is 4.39. The molecule has 0 saturated carbocycles. The van der Waals surface area contributed by atoms with Crippen LogP contribution in [0.5, 0.6) is 0 Å². The van der Waals surface area contributed by atoms with Crippen molar-refractivity contribution in [2.24, 2.45) is 0 Å². The summed E-state index contributed by atoms with van der Waals surface area (Å²) in [5.41, 5.74) is 0. The highest BCUT2D eigenvalue weighted by atomic mass is 16.3. The van der Waals surface area contributed by atoms with Gasteiger partial charge in [0, 0.05) is 45.2 Å². The summed E-state index contributed by atoms with van der Waals surface area (Å²) >= 11 is 0. The Bertz CT molecular complexity index is 616. The largest absolute Gasteiger partial charge is 0.459 e. The van der Waals surface area contributed by atoms with Crippen molar-refractivity contribution in [2.45, 2.75) is 25.3 Å². The molecular formula is C17H24N4O4. The van der Waals surface area contributed by atoms with Crippen molar-refractivity contribution in [1.82, 2.24) is 20.4 Å². The quantitative estimate of drug-likeness (QED) is 0.770. The number of hydrogen-bond acceptors (Lipinski definition) is 5. The van der Waals surface area contributed by atoms with E-state index in [1.807, 2.05) is 9.80 Å². The Morgan fingerprint density at radius 2 is 2.24 bits per heavy atom. The lowest BCUT2D eigenvalue weighted by Crippen LogP contribution is -2.57. The molecule has 0 aliphatic carbocycles. The molecule has 3 heterocycles. The Labute approximate surface area is 146 Å². The van der Waals surface area contributed by atoms with Crippen LogP contribution in [0.25, 0.3) is 0 Å². The van der Waals surface area contributed by atoms with Gasteiger partial charge in [0.25, 0.3) is 5.91 Å². The maximum absolute atomic E-state index is 12.4. The molecule has 1 aromatic heterocycles. The van der Waals surface area contributed by atoms with Crippen LogP contribution >= 0.6 is 0 Å². The van der Waals surface area contributed by atoms with Crippen molar-refractivity contribution in [3.05, 3.63) is 24.2 Å². The van der Waals surface area contributed by atoms with E-state index in [4.69, 9.17) is 4.42 Å². The minimum atomic E-state index is -0.319. The lowest BCUT2D eigenvalue weighted by molar-refractivity contribution is -0.140. The van der Waals surface area contributed by atoms with Gasteiger partial charge in [0.15, 0.2) is 5.76 Å². The first-order chi connectivity index (χ1) is 12.1. The first kappa shape index (κ1) is 17.5. The SMILES string of the molecule is O=C(NCCC(=O)N1CCCC(N2CCNCC2=O)C1)c1ccco1. The highest BCUT2D eigenvalue weighted by molar-refractivity contribution is 5.91. The standard InChI is InChI=1S/C17H24N4O4/c22-15(5-6-19-17(24)14-4-2-10-25-14)20-8-1-3-13(12-20)21-9-7-18-11-16(21)23/h2,4,10,13,18H,1,3,5-9,11-12H2,(H,19,24). The van der Waals surface area contributed by atoms with Gasteiger partial charge in [-0.05, 0) is 25.0 Å². The molecule has 3 amide bonds. The summed E-state index contributed by atoms with van der Waals surface area (Å²) in [4.78, 5) is 39.9. The van der Waals surface area contributed by atoms with E-state index < -0.39 is 0 Å². The van der Waals surface area contributed by atoms with Crippen molar-refractivity contribution >= 4 is 17.7 Å². The molecule has 1 unspecified atom stereocenters. The Morgan fingerprint density at radius 1 is 1.36 bits per heavy atom. The Kier molecular flexibility index (Phi) is 5.70. The Morgan fingerprint density at radius 3 is 3.00 bits per heavy atom. The molecule has 0 bridgehead atoms. The second-order valence-electron chi connectivity index (χ2n) is 6.38. The third-order valence-corrected chi connectivity index (χ3v) is 4.69. The molecule has 1 aromatic rings. The molecule has 1 atom stereocenters. The molecule has 3 rings (SSSR count). The summed E-state index contributed by atoms with van der Waals surface area (Å²) < 4.78 is 5.01. The molecule has 0 aromatic carbocycles. The molecule has 0 radical (unpaired) electrons. The first-order valence-corrected chi connectivity index (χ1v) is 8.75. The van der Waals surface area contributed by atoms with Gasteiger partial charge < -0.3 is 24.9 Å². The van der Waals surface area contributed by atoms with Crippen molar-refractivity contribution in [2.75, 3.05) is 39.3 Å². The number of rotatable bonds is 5. The molecule has 25 heavy (non-hydrogen) atoms. The average Bonchev–Trinajstić information content (AvgIpc) is 3.17. The van der Waals surface area contributed by atoms with Crippen LogP contribution in [-0.4, -0.2) is 72.8 Å². The Balaban J connectivity index is 1.45. The van der Waals surface area contributed by atoms with Crippen molar-refractivity contribution in [3.63, 3.8) is 0 Å². The highest BCUT2D eigenvalue weighted by Crippen LogP contribution is 2.17. The summed E-state index contributed by atoms with van der Waals surface area (Å²) in [6.07, 6.45) is 3.51. The van der Waals surface area contributed by atoms with Gasteiger partial charge in [-0.2, -0.15) is 0 Å². The topological polar surface area (TPSA) is 94.9 Å². The van der Waals surface area contributed by atoms with E-state index in [-0.39, 0.29) is 42.5 Å². The number of carbonyl (C=O) groups excluding carboxylic acids is 3. The zero-order chi connectivity index (χ0) is 17.6. The van der Waals surface area contributed by atoms with Crippen LogP contribution in [0, 0.1) is 0 Å². The normalized spacial score (nSPS) is 21.3. The number of amides is 3.